The van der Waals surface area contributed by atoms with Gasteiger partial charge in [0.25, 0.3) is 0 Å². The molecule has 1 aliphatic heterocycles. The van der Waals surface area contributed by atoms with Crippen LogP contribution in [0.25, 0.3) is 0 Å². The van der Waals surface area contributed by atoms with E-state index in [0.29, 0.717) is 12.1 Å². The van der Waals surface area contributed by atoms with Crippen LogP contribution < -0.4 is 5.32 Å². The van der Waals surface area contributed by atoms with Gasteiger partial charge < -0.3 is 15.3 Å². The Balaban J connectivity index is 1.76. The molecule has 3 rings (SSSR count). The number of nitrogens with zero attached hydrogens (tertiary/aromatic N) is 1. The highest BCUT2D eigenvalue weighted by molar-refractivity contribution is 5.93. The summed E-state index contributed by atoms with van der Waals surface area (Å²) in [6.07, 6.45) is 4.63. The highest BCUT2D eigenvalue weighted by Crippen LogP contribution is 2.31. The van der Waals surface area contributed by atoms with E-state index in [0.717, 1.165) is 25.7 Å². The van der Waals surface area contributed by atoms with Gasteiger partial charge in [-0.1, -0.05) is 50.1 Å². The molecule has 2 N–H and O–H groups in total. The Kier molecular flexibility index (Phi) is 5.30. The summed E-state index contributed by atoms with van der Waals surface area (Å²) in [5.41, 5.74) is -0.928. The van der Waals surface area contributed by atoms with Crippen LogP contribution in [0.4, 0.5) is 0 Å². The van der Waals surface area contributed by atoms with Crippen LogP contribution in [0.5, 0.6) is 0 Å². The molecule has 1 heterocycles. The lowest BCUT2D eigenvalue weighted by Gasteiger charge is -2.31. The van der Waals surface area contributed by atoms with Gasteiger partial charge in [0.05, 0.1) is 5.92 Å². The topological polar surface area (TPSA) is 86.7 Å². The molecule has 26 heavy (non-hydrogen) atoms. The number of likely N-dealkylation sites (tertiary alicyclic amines) is 1. The lowest BCUT2D eigenvalue weighted by Crippen LogP contribution is -2.53. The van der Waals surface area contributed by atoms with E-state index < -0.39 is 17.4 Å². The molecule has 0 bridgehead atoms. The number of carbonyl (C=O) groups excluding carboxylic acids is 2. The standard InChI is InChI=1S/C20H26N2O4/c1-2-20(19(25)26,15-8-4-3-5-9-15)21-18(24)14-12-17(23)22(13-14)16-10-6-7-11-16/h3-5,8-9,14,16H,2,6-7,10-13H2,1H3,(H,21,24)(H,25,26). The normalized spacial score (nSPS) is 23.0. The zero-order valence-electron chi connectivity index (χ0n) is 15.1. The van der Waals surface area contributed by atoms with Gasteiger partial charge in [0.1, 0.15) is 0 Å². The Morgan fingerprint density at radius 1 is 1.23 bits per heavy atom. The Morgan fingerprint density at radius 2 is 1.88 bits per heavy atom. The minimum absolute atomic E-state index is 0.00850. The molecule has 2 atom stereocenters. The average molecular weight is 358 g/mol. The molecule has 1 saturated carbocycles. The molecule has 2 aliphatic rings. The molecule has 1 aromatic rings. The summed E-state index contributed by atoms with van der Waals surface area (Å²) in [6.45, 7) is 2.13. The maximum absolute atomic E-state index is 12.9. The SMILES string of the molecule is CCC(NC(=O)C1CC(=O)N(C2CCCC2)C1)(C(=O)O)c1ccccc1. The van der Waals surface area contributed by atoms with Crippen molar-refractivity contribution in [2.24, 2.45) is 5.92 Å². The summed E-state index contributed by atoms with van der Waals surface area (Å²) in [5.74, 6) is -1.92. The second-order valence-corrected chi connectivity index (χ2v) is 7.30. The number of rotatable bonds is 6. The van der Waals surface area contributed by atoms with Gasteiger partial charge in [0.2, 0.25) is 11.8 Å². The first-order valence-electron chi connectivity index (χ1n) is 9.38. The van der Waals surface area contributed by atoms with Gasteiger partial charge in [-0.05, 0) is 24.8 Å². The van der Waals surface area contributed by atoms with E-state index in [9.17, 15) is 19.5 Å². The monoisotopic (exact) mass is 358 g/mol. The van der Waals surface area contributed by atoms with Crippen molar-refractivity contribution in [1.82, 2.24) is 10.2 Å². The maximum atomic E-state index is 12.9. The third-order valence-corrected chi connectivity index (χ3v) is 5.79. The Bertz CT molecular complexity index is 684. The summed E-state index contributed by atoms with van der Waals surface area (Å²) in [5, 5.41) is 12.6. The number of amides is 2. The van der Waals surface area contributed by atoms with Gasteiger partial charge in [-0.2, -0.15) is 0 Å². The highest BCUT2D eigenvalue weighted by atomic mass is 16.4. The van der Waals surface area contributed by atoms with Crippen molar-refractivity contribution >= 4 is 17.8 Å². The van der Waals surface area contributed by atoms with Crippen LogP contribution >= 0.6 is 0 Å². The van der Waals surface area contributed by atoms with Gasteiger partial charge in [0.15, 0.2) is 5.54 Å². The van der Waals surface area contributed by atoms with E-state index in [2.05, 4.69) is 5.32 Å². The maximum Gasteiger partial charge on any atom is 0.334 e. The molecule has 1 aromatic carbocycles. The lowest BCUT2D eigenvalue weighted by molar-refractivity contribution is -0.149. The molecule has 0 spiro atoms. The molecule has 0 aromatic heterocycles. The quantitative estimate of drug-likeness (QED) is 0.817. The van der Waals surface area contributed by atoms with Crippen molar-refractivity contribution in [3.8, 4) is 0 Å². The van der Waals surface area contributed by atoms with E-state index >= 15 is 0 Å². The van der Waals surface area contributed by atoms with Crippen LogP contribution in [0.2, 0.25) is 0 Å². The fourth-order valence-electron chi connectivity index (χ4n) is 4.20. The van der Waals surface area contributed by atoms with Gasteiger partial charge >= 0.3 is 5.97 Å². The molecule has 2 amide bonds. The van der Waals surface area contributed by atoms with Crippen molar-refractivity contribution in [1.29, 1.82) is 0 Å². The summed E-state index contributed by atoms with van der Waals surface area (Å²) in [6, 6.07) is 8.99. The number of hydrogen-bond acceptors (Lipinski definition) is 3. The molecule has 6 heteroatoms. The molecule has 0 radical (unpaired) electrons. The number of carboxylic acid groups (broad SMARTS) is 1. The Hall–Kier alpha value is -2.37. The fourth-order valence-corrected chi connectivity index (χ4v) is 4.20. The molecule has 1 aliphatic carbocycles. The van der Waals surface area contributed by atoms with Crippen molar-refractivity contribution < 1.29 is 19.5 Å². The molecule has 1 saturated heterocycles. The van der Waals surface area contributed by atoms with E-state index in [1.54, 1.807) is 31.2 Å². The van der Waals surface area contributed by atoms with Crippen molar-refractivity contribution in [3.63, 3.8) is 0 Å². The first kappa shape index (κ1) is 18.4. The summed E-state index contributed by atoms with van der Waals surface area (Å²) < 4.78 is 0. The van der Waals surface area contributed by atoms with E-state index in [4.69, 9.17) is 0 Å². The van der Waals surface area contributed by atoms with Gasteiger partial charge in [-0.25, -0.2) is 4.79 Å². The van der Waals surface area contributed by atoms with Crippen LogP contribution in [-0.4, -0.2) is 40.4 Å². The van der Waals surface area contributed by atoms with Crippen molar-refractivity contribution in [2.75, 3.05) is 6.54 Å². The van der Waals surface area contributed by atoms with Crippen LogP contribution in [-0.2, 0) is 19.9 Å². The summed E-state index contributed by atoms with van der Waals surface area (Å²) in [4.78, 5) is 39.1. The smallest absolute Gasteiger partial charge is 0.334 e. The molecule has 2 unspecified atom stereocenters. The number of benzene rings is 1. The van der Waals surface area contributed by atoms with Crippen LogP contribution in [0.15, 0.2) is 30.3 Å². The van der Waals surface area contributed by atoms with Gasteiger partial charge in [-0.3, -0.25) is 9.59 Å². The molecular formula is C20H26N2O4. The van der Waals surface area contributed by atoms with Crippen molar-refractivity contribution in [3.05, 3.63) is 35.9 Å². The zero-order chi connectivity index (χ0) is 18.7. The molecule has 2 fully saturated rings. The van der Waals surface area contributed by atoms with Crippen LogP contribution in [0.1, 0.15) is 51.0 Å². The minimum Gasteiger partial charge on any atom is -0.479 e. The van der Waals surface area contributed by atoms with Crippen molar-refractivity contribution in [2.45, 2.75) is 57.0 Å². The number of carboxylic acids is 1. The predicted octanol–water partition coefficient (Wildman–Crippen LogP) is 2.28. The average Bonchev–Trinajstić information content (AvgIpc) is 3.29. The third-order valence-electron chi connectivity index (χ3n) is 5.79. The Morgan fingerprint density at radius 3 is 2.46 bits per heavy atom. The van der Waals surface area contributed by atoms with Crippen LogP contribution in [0.3, 0.4) is 0 Å². The van der Waals surface area contributed by atoms with Gasteiger partial charge in [0, 0.05) is 19.0 Å². The van der Waals surface area contributed by atoms with Gasteiger partial charge in [-0.15, -0.1) is 0 Å². The third kappa shape index (κ3) is 3.32. The number of aliphatic carboxylic acids is 1. The second kappa shape index (κ2) is 7.48. The van der Waals surface area contributed by atoms with E-state index in [1.807, 2.05) is 11.0 Å². The van der Waals surface area contributed by atoms with E-state index in [-0.39, 0.29) is 30.7 Å². The number of nitrogens with one attached hydrogen (secondary N) is 1. The van der Waals surface area contributed by atoms with E-state index in [1.165, 1.54) is 0 Å². The van der Waals surface area contributed by atoms with Crippen LogP contribution in [0, 0.1) is 5.92 Å². The molecule has 6 nitrogen and oxygen atoms in total. The first-order chi connectivity index (χ1) is 12.5. The number of hydrogen-bond donors (Lipinski definition) is 2. The lowest BCUT2D eigenvalue weighted by atomic mass is 9.86. The highest BCUT2D eigenvalue weighted by Gasteiger charge is 2.44. The predicted molar refractivity (Wildman–Crippen MR) is 96.3 cm³/mol. The molecule has 140 valence electrons. The summed E-state index contributed by atoms with van der Waals surface area (Å²) >= 11 is 0. The largest absolute Gasteiger partial charge is 0.479 e. The summed E-state index contributed by atoms with van der Waals surface area (Å²) in [7, 11) is 0. The fraction of sp³-hybridized carbons (Fsp3) is 0.550. The Labute approximate surface area is 153 Å². The number of carbonyl (C=O) groups is 3. The second-order valence-electron chi connectivity index (χ2n) is 7.30. The zero-order valence-corrected chi connectivity index (χ0v) is 15.1. The minimum atomic E-state index is -1.47. The molecular weight excluding hydrogens is 332 g/mol. The first-order valence-corrected chi connectivity index (χ1v) is 9.38.